The van der Waals surface area contributed by atoms with Gasteiger partial charge in [-0.3, -0.25) is 4.79 Å². The van der Waals surface area contributed by atoms with E-state index < -0.39 is 5.41 Å². The van der Waals surface area contributed by atoms with Crippen molar-refractivity contribution in [3.63, 3.8) is 0 Å². The summed E-state index contributed by atoms with van der Waals surface area (Å²) >= 11 is 6.04. The van der Waals surface area contributed by atoms with Crippen LogP contribution in [0.2, 0.25) is 5.02 Å². The number of benzene rings is 1. The first-order valence-corrected chi connectivity index (χ1v) is 9.72. The van der Waals surface area contributed by atoms with E-state index in [4.69, 9.17) is 16.3 Å². The van der Waals surface area contributed by atoms with Crippen molar-refractivity contribution in [3.8, 4) is 0 Å². The van der Waals surface area contributed by atoms with Crippen LogP contribution in [0.4, 0.5) is 0 Å². The maximum atomic E-state index is 13.2. The second-order valence-electron chi connectivity index (χ2n) is 7.66. The number of ether oxygens (including phenoxy) is 1. The van der Waals surface area contributed by atoms with E-state index in [-0.39, 0.29) is 23.7 Å². The smallest absolute Gasteiger partial charge is 0.230 e. The Morgan fingerprint density at radius 1 is 1.15 bits per heavy atom. The van der Waals surface area contributed by atoms with Crippen LogP contribution in [0.25, 0.3) is 0 Å². The van der Waals surface area contributed by atoms with Crippen LogP contribution in [0.3, 0.4) is 0 Å². The molecule has 0 radical (unpaired) electrons. The molecule has 1 saturated heterocycles. The molecule has 1 aromatic rings. The van der Waals surface area contributed by atoms with Gasteiger partial charge >= 0.3 is 0 Å². The van der Waals surface area contributed by atoms with E-state index in [0.29, 0.717) is 18.2 Å². The number of carbonyl (C=O) groups is 1. The average molecular weight is 401 g/mol. The highest BCUT2D eigenvalue weighted by Crippen LogP contribution is 2.42. The van der Waals surface area contributed by atoms with Gasteiger partial charge in [-0.25, -0.2) is 0 Å². The first-order valence-electron chi connectivity index (χ1n) is 9.34. The predicted molar refractivity (Wildman–Crippen MR) is 108 cm³/mol. The number of methoxy groups -OCH3 is 1. The molecule has 6 heteroatoms. The lowest BCUT2D eigenvalue weighted by atomic mass is 9.76. The van der Waals surface area contributed by atoms with Gasteiger partial charge in [-0.1, -0.05) is 36.6 Å². The molecule has 146 valence electrons. The highest BCUT2D eigenvalue weighted by atomic mass is 35.5. The predicted octanol–water partition coefficient (Wildman–Crippen LogP) is 3.71. The normalized spacial score (nSPS) is 21.0. The molecule has 1 amide bonds. The molecular formula is C20H30Cl2N2O2. The summed E-state index contributed by atoms with van der Waals surface area (Å²) in [5.74, 6) is 0.168. The lowest BCUT2D eigenvalue weighted by Gasteiger charge is -2.38. The molecule has 3 rings (SSSR count). The summed E-state index contributed by atoms with van der Waals surface area (Å²) in [5, 5.41) is 7.41. The first-order chi connectivity index (χ1) is 12.1. The summed E-state index contributed by atoms with van der Waals surface area (Å²) in [5.41, 5.74) is 0.749. The van der Waals surface area contributed by atoms with Crippen molar-refractivity contribution in [2.24, 2.45) is 5.41 Å². The fourth-order valence-corrected chi connectivity index (χ4v) is 4.59. The quantitative estimate of drug-likeness (QED) is 0.764. The van der Waals surface area contributed by atoms with Gasteiger partial charge in [0.1, 0.15) is 0 Å². The van der Waals surface area contributed by atoms with Crippen molar-refractivity contribution in [2.75, 3.05) is 33.4 Å². The van der Waals surface area contributed by atoms with Crippen LogP contribution in [-0.2, 0) is 14.9 Å². The van der Waals surface area contributed by atoms with Gasteiger partial charge in [-0.15, -0.1) is 12.4 Å². The van der Waals surface area contributed by atoms with Crippen LogP contribution < -0.4 is 10.6 Å². The molecule has 2 aliphatic rings. The minimum absolute atomic E-state index is 0. The van der Waals surface area contributed by atoms with E-state index >= 15 is 0 Å². The number of rotatable bonds is 6. The van der Waals surface area contributed by atoms with Crippen LogP contribution in [0.5, 0.6) is 0 Å². The highest BCUT2D eigenvalue weighted by Gasteiger charge is 2.43. The van der Waals surface area contributed by atoms with E-state index in [1.807, 2.05) is 24.3 Å². The lowest BCUT2D eigenvalue weighted by Crippen LogP contribution is -2.51. The molecule has 4 nitrogen and oxygen atoms in total. The lowest BCUT2D eigenvalue weighted by molar-refractivity contribution is -0.127. The number of piperidine rings is 1. The van der Waals surface area contributed by atoms with Gasteiger partial charge < -0.3 is 15.4 Å². The monoisotopic (exact) mass is 400 g/mol. The Morgan fingerprint density at radius 2 is 1.77 bits per heavy atom. The van der Waals surface area contributed by atoms with Gasteiger partial charge in [0, 0.05) is 24.1 Å². The first kappa shape index (κ1) is 21.5. The van der Waals surface area contributed by atoms with Gasteiger partial charge in [0.25, 0.3) is 0 Å². The molecule has 0 atom stereocenters. The molecule has 1 aromatic carbocycles. The number of halogens is 2. The molecule has 1 aliphatic heterocycles. The maximum absolute atomic E-state index is 13.2. The SMILES string of the molecule is COCC1(CNC(=O)C2(c3ccc(Cl)cc3)CCCC2)CCNCC1.Cl. The van der Waals surface area contributed by atoms with Crippen molar-refractivity contribution in [3.05, 3.63) is 34.9 Å². The molecular weight excluding hydrogens is 371 g/mol. The Morgan fingerprint density at radius 3 is 2.35 bits per heavy atom. The van der Waals surface area contributed by atoms with Crippen LogP contribution >= 0.6 is 24.0 Å². The molecule has 2 fully saturated rings. The Bertz CT molecular complexity index is 574. The summed E-state index contributed by atoms with van der Waals surface area (Å²) in [6, 6.07) is 7.82. The minimum atomic E-state index is -0.397. The van der Waals surface area contributed by atoms with Crippen molar-refractivity contribution in [1.82, 2.24) is 10.6 Å². The van der Waals surface area contributed by atoms with Gasteiger partial charge in [-0.2, -0.15) is 0 Å². The molecule has 2 N–H and O–H groups in total. The third-order valence-corrected chi connectivity index (χ3v) is 6.28. The number of hydrogen-bond donors (Lipinski definition) is 2. The zero-order valence-electron chi connectivity index (χ0n) is 15.5. The molecule has 0 unspecified atom stereocenters. The molecule has 0 aromatic heterocycles. The zero-order valence-corrected chi connectivity index (χ0v) is 17.1. The van der Waals surface area contributed by atoms with Crippen molar-refractivity contribution < 1.29 is 9.53 Å². The van der Waals surface area contributed by atoms with E-state index in [1.165, 1.54) is 0 Å². The number of amides is 1. The van der Waals surface area contributed by atoms with Crippen LogP contribution in [0, 0.1) is 5.41 Å². The second-order valence-corrected chi connectivity index (χ2v) is 8.10. The number of carbonyl (C=O) groups excluding carboxylic acids is 1. The average Bonchev–Trinajstić information content (AvgIpc) is 3.12. The summed E-state index contributed by atoms with van der Waals surface area (Å²) < 4.78 is 5.47. The molecule has 1 saturated carbocycles. The fourth-order valence-electron chi connectivity index (χ4n) is 4.47. The van der Waals surface area contributed by atoms with Crippen molar-refractivity contribution in [2.45, 2.75) is 43.9 Å². The zero-order chi connectivity index (χ0) is 17.8. The minimum Gasteiger partial charge on any atom is -0.384 e. The third kappa shape index (κ3) is 4.53. The maximum Gasteiger partial charge on any atom is 0.230 e. The topological polar surface area (TPSA) is 50.4 Å². The van der Waals surface area contributed by atoms with Gasteiger partial charge in [0.05, 0.1) is 12.0 Å². The summed E-state index contributed by atoms with van der Waals surface area (Å²) in [6.45, 7) is 3.36. The molecule has 1 heterocycles. The molecule has 26 heavy (non-hydrogen) atoms. The van der Waals surface area contributed by atoms with Crippen LogP contribution in [-0.4, -0.2) is 39.3 Å². The van der Waals surface area contributed by atoms with E-state index in [2.05, 4.69) is 10.6 Å². The van der Waals surface area contributed by atoms with Crippen molar-refractivity contribution >= 4 is 29.9 Å². The summed E-state index contributed by atoms with van der Waals surface area (Å²) in [4.78, 5) is 13.2. The standard InChI is InChI=1S/C20H29ClN2O2.ClH/c1-25-15-19(10-12-22-13-11-19)14-23-18(24)20(8-2-3-9-20)16-4-6-17(21)7-5-16;/h4-7,22H,2-3,8-15H2,1H3,(H,23,24);1H. The Hall–Kier alpha value is -0.810. The van der Waals surface area contributed by atoms with E-state index in [1.54, 1.807) is 7.11 Å². The molecule has 0 spiro atoms. The van der Waals surface area contributed by atoms with Crippen LogP contribution in [0.15, 0.2) is 24.3 Å². The summed E-state index contributed by atoms with van der Waals surface area (Å²) in [6.07, 6.45) is 6.11. The van der Waals surface area contributed by atoms with Gasteiger partial charge in [-0.05, 0) is 56.5 Å². The Labute approximate surface area is 167 Å². The second kappa shape index (κ2) is 9.41. The van der Waals surface area contributed by atoms with Gasteiger partial charge in [0.15, 0.2) is 0 Å². The fraction of sp³-hybridized carbons (Fsp3) is 0.650. The number of hydrogen-bond acceptors (Lipinski definition) is 3. The van der Waals surface area contributed by atoms with Gasteiger partial charge in [0.2, 0.25) is 5.91 Å². The van der Waals surface area contributed by atoms with E-state index in [9.17, 15) is 4.79 Å². The molecule has 1 aliphatic carbocycles. The summed E-state index contributed by atoms with van der Waals surface area (Å²) in [7, 11) is 1.75. The van der Waals surface area contributed by atoms with E-state index in [0.717, 1.165) is 57.2 Å². The highest BCUT2D eigenvalue weighted by molar-refractivity contribution is 6.30. The largest absolute Gasteiger partial charge is 0.384 e. The van der Waals surface area contributed by atoms with Crippen LogP contribution in [0.1, 0.15) is 44.1 Å². The number of nitrogens with one attached hydrogen (secondary N) is 2. The Balaban J connectivity index is 0.00000243. The molecule has 0 bridgehead atoms. The third-order valence-electron chi connectivity index (χ3n) is 6.03. The Kier molecular flexibility index (Phi) is 7.77. The van der Waals surface area contributed by atoms with Crippen molar-refractivity contribution in [1.29, 1.82) is 0 Å².